The molecule has 1 rings (SSSR count). The maximum atomic E-state index is 10.8. The van der Waals surface area contributed by atoms with E-state index in [4.69, 9.17) is 9.29 Å². The van der Waals surface area contributed by atoms with Crippen molar-refractivity contribution in [1.82, 2.24) is 0 Å². The zero-order valence-electron chi connectivity index (χ0n) is 21.5. The third-order valence-corrected chi connectivity index (χ3v) is 7.15. The summed E-state index contributed by atoms with van der Waals surface area (Å²) in [5.74, 6) is 0.681. The number of ether oxygens (including phenoxy) is 1. The van der Waals surface area contributed by atoms with E-state index in [1.54, 1.807) is 0 Å². The van der Waals surface area contributed by atoms with Crippen LogP contribution in [0, 0.1) is 0 Å². The maximum Gasteiger partial charge on any atom is 0.264 e. The molecule has 0 spiro atoms. The van der Waals surface area contributed by atoms with Crippen molar-refractivity contribution < 1.29 is 17.7 Å². The highest BCUT2D eigenvalue weighted by atomic mass is 32.2. The predicted molar refractivity (Wildman–Crippen MR) is 141 cm³/mol. The van der Waals surface area contributed by atoms with E-state index in [2.05, 4.69) is 32.0 Å². The minimum absolute atomic E-state index is 0.197. The van der Waals surface area contributed by atoms with Gasteiger partial charge >= 0.3 is 0 Å². The summed E-state index contributed by atoms with van der Waals surface area (Å²) >= 11 is 0. The van der Waals surface area contributed by atoms with Crippen LogP contribution in [0.1, 0.15) is 128 Å². The van der Waals surface area contributed by atoms with E-state index in [9.17, 15) is 8.42 Å². The lowest BCUT2D eigenvalue weighted by molar-refractivity contribution is 0.308. The molecule has 33 heavy (non-hydrogen) atoms. The minimum Gasteiger partial charge on any atom is -0.494 e. The number of hydrogen-bond acceptors (Lipinski definition) is 3. The Hall–Kier alpha value is -1.07. The van der Waals surface area contributed by atoms with Gasteiger partial charge in [0, 0.05) is 0 Å². The first-order valence-corrected chi connectivity index (χ1v) is 15.3. The van der Waals surface area contributed by atoms with E-state index in [0.29, 0.717) is 19.4 Å². The second kappa shape index (κ2) is 19.3. The Bertz CT molecular complexity index is 700. The van der Waals surface area contributed by atoms with E-state index in [0.717, 1.165) is 18.6 Å². The molecular formula is C28H50O4S. The lowest BCUT2D eigenvalue weighted by Gasteiger charge is -2.13. The van der Waals surface area contributed by atoms with Crippen molar-refractivity contribution in [3.8, 4) is 5.75 Å². The zero-order valence-corrected chi connectivity index (χ0v) is 22.3. The smallest absolute Gasteiger partial charge is 0.264 e. The maximum absolute atomic E-state index is 10.8. The van der Waals surface area contributed by atoms with Gasteiger partial charge in [-0.2, -0.15) is 8.42 Å². The molecule has 5 heteroatoms. The van der Waals surface area contributed by atoms with Gasteiger partial charge in [-0.15, -0.1) is 0 Å². The van der Waals surface area contributed by atoms with Crippen molar-refractivity contribution in [3.63, 3.8) is 0 Å². The summed E-state index contributed by atoms with van der Waals surface area (Å²) in [4.78, 5) is 0. The highest BCUT2D eigenvalue weighted by Gasteiger charge is 2.07. The average Bonchev–Trinajstić information content (AvgIpc) is 2.78. The second-order valence-electron chi connectivity index (χ2n) is 9.51. The van der Waals surface area contributed by atoms with Gasteiger partial charge in [-0.25, -0.2) is 0 Å². The molecule has 0 aliphatic carbocycles. The van der Waals surface area contributed by atoms with Crippen molar-refractivity contribution in [2.75, 3.05) is 12.4 Å². The van der Waals surface area contributed by atoms with E-state index in [1.807, 2.05) is 0 Å². The van der Waals surface area contributed by atoms with Crippen molar-refractivity contribution in [3.05, 3.63) is 29.3 Å². The summed E-state index contributed by atoms with van der Waals surface area (Å²) in [5.41, 5.74) is 2.89. The Labute approximate surface area is 204 Å². The highest BCUT2D eigenvalue weighted by molar-refractivity contribution is 7.85. The number of aryl methyl sites for hydroxylation is 2. The Kier molecular flexibility index (Phi) is 17.5. The Balaban J connectivity index is 2.50. The summed E-state index contributed by atoms with van der Waals surface area (Å²) in [6, 6.07) is 6.51. The SMILES string of the molecule is CCCCCCCCCc1ccc(OCCCCS(=O)(=O)O)cc1CCCCCCCCC. The van der Waals surface area contributed by atoms with E-state index in [1.165, 1.54) is 101 Å². The molecule has 0 amide bonds. The third kappa shape index (κ3) is 17.1. The molecule has 0 saturated carbocycles. The molecular weight excluding hydrogens is 432 g/mol. The molecule has 0 fully saturated rings. The fourth-order valence-corrected chi connectivity index (χ4v) is 4.86. The van der Waals surface area contributed by atoms with Gasteiger partial charge in [0.1, 0.15) is 5.75 Å². The Morgan fingerprint density at radius 2 is 1.18 bits per heavy atom. The molecule has 0 atom stereocenters. The van der Waals surface area contributed by atoms with Gasteiger partial charge in [-0.1, -0.05) is 97.0 Å². The van der Waals surface area contributed by atoms with Crippen LogP contribution in [0.25, 0.3) is 0 Å². The van der Waals surface area contributed by atoms with E-state index >= 15 is 0 Å². The Morgan fingerprint density at radius 1 is 0.667 bits per heavy atom. The van der Waals surface area contributed by atoms with Crippen molar-refractivity contribution >= 4 is 10.1 Å². The van der Waals surface area contributed by atoms with Gasteiger partial charge in [0.2, 0.25) is 0 Å². The quantitative estimate of drug-likeness (QED) is 0.133. The van der Waals surface area contributed by atoms with Crippen LogP contribution in [0.15, 0.2) is 18.2 Å². The zero-order chi connectivity index (χ0) is 24.2. The van der Waals surface area contributed by atoms with Gasteiger partial charge in [0.25, 0.3) is 10.1 Å². The fraction of sp³-hybridized carbons (Fsp3) is 0.786. The second-order valence-corrected chi connectivity index (χ2v) is 11.1. The number of rotatable bonds is 22. The molecule has 4 nitrogen and oxygen atoms in total. The lowest BCUT2D eigenvalue weighted by atomic mass is 9.96. The normalized spacial score (nSPS) is 11.7. The first kappa shape index (κ1) is 30.0. The molecule has 1 aromatic rings. The van der Waals surface area contributed by atoms with Gasteiger partial charge < -0.3 is 4.74 Å². The summed E-state index contributed by atoms with van der Waals surface area (Å²) in [6.45, 7) is 5.00. The Morgan fingerprint density at radius 3 is 1.73 bits per heavy atom. The lowest BCUT2D eigenvalue weighted by Crippen LogP contribution is -2.06. The average molecular weight is 483 g/mol. The van der Waals surface area contributed by atoms with Crippen LogP contribution >= 0.6 is 0 Å². The summed E-state index contributed by atoms with van der Waals surface area (Å²) < 4.78 is 36.4. The van der Waals surface area contributed by atoms with Gasteiger partial charge in [0.05, 0.1) is 12.4 Å². The summed E-state index contributed by atoms with van der Waals surface area (Å²) in [7, 11) is -3.88. The van der Waals surface area contributed by atoms with Crippen LogP contribution in [-0.4, -0.2) is 25.3 Å². The number of benzene rings is 1. The monoisotopic (exact) mass is 482 g/mol. The van der Waals surface area contributed by atoms with Crippen LogP contribution in [0.5, 0.6) is 5.75 Å². The molecule has 1 aromatic carbocycles. The highest BCUT2D eigenvalue weighted by Crippen LogP contribution is 2.23. The summed E-state index contributed by atoms with van der Waals surface area (Å²) in [5, 5.41) is 0. The first-order valence-electron chi connectivity index (χ1n) is 13.7. The van der Waals surface area contributed by atoms with Crippen LogP contribution in [0.3, 0.4) is 0 Å². The molecule has 0 radical (unpaired) electrons. The topological polar surface area (TPSA) is 63.6 Å². The van der Waals surface area contributed by atoms with Crippen molar-refractivity contribution in [2.45, 2.75) is 129 Å². The molecule has 1 N–H and O–H groups in total. The molecule has 0 aliphatic heterocycles. The standard InChI is InChI=1S/C28H50O4S/c1-3-5-7-9-11-13-15-19-26-21-22-28(32-23-17-18-24-33(29,30)31)25-27(26)20-16-14-12-10-8-6-4-2/h21-22,25H,3-20,23-24H2,1-2H3,(H,29,30,31). The number of hydrogen-bond donors (Lipinski definition) is 1. The molecule has 192 valence electrons. The fourth-order valence-electron chi connectivity index (χ4n) is 4.29. The third-order valence-electron chi connectivity index (χ3n) is 6.34. The van der Waals surface area contributed by atoms with Crippen molar-refractivity contribution in [2.24, 2.45) is 0 Å². The van der Waals surface area contributed by atoms with Crippen LogP contribution in [-0.2, 0) is 23.0 Å². The van der Waals surface area contributed by atoms with Crippen LogP contribution < -0.4 is 4.74 Å². The van der Waals surface area contributed by atoms with Gasteiger partial charge in [-0.05, 0) is 61.8 Å². The molecule has 0 aromatic heterocycles. The van der Waals surface area contributed by atoms with Crippen molar-refractivity contribution in [1.29, 1.82) is 0 Å². The molecule has 0 saturated heterocycles. The van der Waals surface area contributed by atoms with Crippen LogP contribution in [0.2, 0.25) is 0 Å². The minimum atomic E-state index is -3.88. The first-order chi connectivity index (χ1) is 16.0. The summed E-state index contributed by atoms with van der Waals surface area (Å²) in [6.07, 6.45) is 21.8. The van der Waals surface area contributed by atoms with Gasteiger partial charge in [-0.3, -0.25) is 4.55 Å². The van der Waals surface area contributed by atoms with E-state index < -0.39 is 10.1 Å². The van der Waals surface area contributed by atoms with E-state index in [-0.39, 0.29) is 5.75 Å². The largest absolute Gasteiger partial charge is 0.494 e. The number of unbranched alkanes of at least 4 members (excludes halogenated alkanes) is 13. The van der Waals surface area contributed by atoms with Gasteiger partial charge in [0.15, 0.2) is 0 Å². The van der Waals surface area contributed by atoms with Crippen LogP contribution in [0.4, 0.5) is 0 Å². The predicted octanol–water partition coefficient (Wildman–Crippen LogP) is 8.32. The molecule has 0 unspecified atom stereocenters. The molecule has 0 heterocycles. The molecule has 0 aliphatic rings. The molecule has 0 bridgehead atoms.